The van der Waals surface area contributed by atoms with Gasteiger partial charge in [0.25, 0.3) is 0 Å². The molecule has 2 aromatic heterocycles. The fraction of sp³-hybridized carbons (Fsp3) is 0.267. The molecule has 126 valence electrons. The molecule has 0 unspecified atom stereocenters. The molecule has 0 aliphatic carbocycles. The first-order valence-electron chi connectivity index (χ1n) is 6.98. The number of hydrogen-bond donors (Lipinski definition) is 2. The number of rotatable bonds is 3. The van der Waals surface area contributed by atoms with Crippen LogP contribution in [0, 0.1) is 18.8 Å². The van der Waals surface area contributed by atoms with Gasteiger partial charge in [-0.2, -0.15) is 4.98 Å². The molecule has 2 heterocycles. The number of anilines is 2. The van der Waals surface area contributed by atoms with Crippen LogP contribution >= 0.6 is 11.6 Å². The van der Waals surface area contributed by atoms with Gasteiger partial charge < -0.3 is 5.73 Å². The Kier molecular flexibility index (Phi) is 5.26. The molecular weight excluding hydrogens is 350 g/mol. The van der Waals surface area contributed by atoms with Crippen LogP contribution in [0.2, 0.25) is 5.15 Å². The predicted molar refractivity (Wildman–Crippen MR) is 94.3 cm³/mol. The van der Waals surface area contributed by atoms with Gasteiger partial charge in [-0.15, -0.1) is 0 Å². The highest BCUT2D eigenvalue weighted by molar-refractivity contribution is 7.92. The van der Waals surface area contributed by atoms with E-state index in [9.17, 15) is 8.42 Å². The van der Waals surface area contributed by atoms with Gasteiger partial charge in [0.2, 0.25) is 16.0 Å². The molecule has 3 N–H and O–H groups in total. The number of nitrogens with two attached hydrogens (primary N) is 1. The third-order valence-electron chi connectivity index (χ3n) is 3.01. The SMILES string of the molecule is CCc1nc(N)nc(Cl)c1C#Cc1cnc(C)c(NS(C)(=O)=O)c1. The van der Waals surface area contributed by atoms with Crippen LogP contribution in [-0.2, 0) is 16.4 Å². The van der Waals surface area contributed by atoms with Crippen molar-refractivity contribution in [1.82, 2.24) is 15.0 Å². The predicted octanol–water partition coefficient (Wildman–Crippen LogP) is 1.75. The summed E-state index contributed by atoms with van der Waals surface area (Å²) < 4.78 is 25.2. The Morgan fingerprint density at radius 2 is 2.04 bits per heavy atom. The van der Waals surface area contributed by atoms with Crippen molar-refractivity contribution < 1.29 is 8.42 Å². The smallest absolute Gasteiger partial charge is 0.229 e. The van der Waals surface area contributed by atoms with Crippen LogP contribution in [0.25, 0.3) is 0 Å². The molecule has 2 aromatic rings. The van der Waals surface area contributed by atoms with Crippen molar-refractivity contribution in [1.29, 1.82) is 0 Å². The molecular formula is C15H16ClN5O2S. The number of pyridine rings is 1. The molecule has 0 radical (unpaired) electrons. The number of nitrogen functional groups attached to an aromatic ring is 1. The number of sulfonamides is 1. The van der Waals surface area contributed by atoms with Gasteiger partial charge in [0, 0.05) is 11.8 Å². The Bertz CT molecular complexity index is 948. The molecule has 24 heavy (non-hydrogen) atoms. The molecule has 0 atom stereocenters. The average Bonchev–Trinajstić information content (AvgIpc) is 2.47. The Hall–Kier alpha value is -2.37. The lowest BCUT2D eigenvalue weighted by atomic mass is 10.1. The average molecular weight is 366 g/mol. The first-order valence-corrected chi connectivity index (χ1v) is 9.25. The zero-order chi connectivity index (χ0) is 17.9. The van der Waals surface area contributed by atoms with E-state index in [0.29, 0.717) is 34.6 Å². The highest BCUT2D eigenvalue weighted by Crippen LogP contribution is 2.18. The lowest BCUT2D eigenvalue weighted by Crippen LogP contribution is -2.11. The fourth-order valence-electron chi connectivity index (χ4n) is 1.91. The summed E-state index contributed by atoms with van der Waals surface area (Å²) in [5, 5.41) is 0.182. The molecule has 0 aromatic carbocycles. The number of hydrogen-bond acceptors (Lipinski definition) is 6. The minimum Gasteiger partial charge on any atom is -0.368 e. The second kappa shape index (κ2) is 7.03. The second-order valence-electron chi connectivity index (χ2n) is 5.03. The van der Waals surface area contributed by atoms with E-state index in [1.165, 1.54) is 0 Å². The summed E-state index contributed by atoms with van der Waals surface area (Å²) in [5.41, 5.74) is 8.17. The number of nitrogens with zero attached hydrogens (tertiary/aromatic N) is 3. The zero-order valence-corrected chi connectivity index (χ0v) is 15.0. The van der Waals surface area contributed by atoms with Gasteiger partial charge in [-0.05, 0) is 19.4 Å². The molecule has 0 fully saturated rings. The van der Waals surface area contributed by atoms with E-state index in [2.05, 4.69) is 31.5 Å². The third-order valence-corrected chi connectivity index (χ3v) is 3.87. The number of aromatic nitrogens is 3. The van der Waals surface area contributed by atoms with Gasteiger partial charge in [-0.3, -0.25) is 9.71 Å². The largest absolute Gasteiger partial charge is 0.368 e. The molecule has 0 amide bonds. The Morgan fingerprint density at radius 1 is 1.33 bits per heavy atom. The highest BCUT2D eigenvalue weighted by atomic mass is 35.5. The molecule has 0 bridgehead atoms. The highest BCUT2D eigenvalue weighted by Gasteiger charge is 2.09. The molecule has 0 aliphatic heterocycles. The van der Waals surface area contributed by atoms with E-state index >= 15 is 0 Å². The number of nitrogens with one attached hydrogen (secondary N) is 1. The summed E-state index contributed by atoms with van der Waals surface area (Å²) in [6, 6.07) is 1.61. The number of halogens is 1. The van der Waals surface area contributed by atoms with Crippen LogP contribution in [0.1, 0.15) is 29.4 Å². The van der Waals surface area contributed by atoms with Crippen LogP contribution in [-0.4, -0.2) is 29.6 Å². The van der Waals surface area contributed by atoms with Crippen molar-refractivity contribution in [3.63, 3.8) is 0 Å². The maximum atomic E-state index is 11.4. The van der Waals surface area contributed by atoms with Gasteiger partial charge in [0.05, 0.1) is 28.9 Å². The molecule has 0 spiro atoms. The van der Waals surface area contributed by atoms with Crippen molar-refractivity contribution in [3.05, 3.63) is 39.9 Å². The van der Waals surface area contributed by atoms with E-state index in [-0.39, 0.29) is 11.1 Å². The third kappa shape index (κ3) is 4.57. The Labute approximate surface area is 145 Å². The van der Waals surface area contributed by atoms with Crippen LogP contribution in [0.5, 0.6) is 0 Å². The summed E-state index contributed by atoms with van der Waals surface area (Å²) in [6.45, 7) is 3.61. The molecule has 0 saturated carbocycles. The fourth-order valence-corrected chi connectivity index (χ4v) is 2.76. The molecule has 0 saturated heterocycles. The van der Waals surface area contributed by atoms with E-state index in [1.807, 2.05) is 6.92 Å². The second-order valence-corrected chi connectivity index (χ2v) is 7.14. The van der Waals surface area contributed by atoms with Crippen molar-refractivity contribution in [2.45, 2.75) is 20.3 Å². The topological polar surface area (TPSA) is 111 Å². The maximum absolute atomic E-state index is 11.4. The van der Waals surface area contributed by atoms with E-state index in [1.54, 1.807) is 19.2 Å². The molecule has 0 aliphatic rings. The van der Waals surface area contributed by atoms with Crippen molar-refractivity contribution in [2.24, 2.45) is 0 Å². The molecule has 7 nitrogen and oxygen atoms in total. The minimum atomic E-state index is -3.40. The first-order chi connectivity index (χ1) is 11.2. The van der Waals surface area contributed by atoms with Gasteiger partial charge in [0.15, 0.2) is 5.15 Å². The van der Waals surface area contributed by atoms with Gasteiger partial charge >= 0.3 is 0 Å². The monoisotopic (exact) mass is 365 g/mol. The van der Waals surface area contributed by atoms with E-state index in [4.69, 9.17) is 17.3 Å². The van der Waals surface area contributed by atoms with E-state index < -0.39 is 10.0 Å². The van der Waals surface area contributed by atoms with Crippen LogP contribution in [0.15, 0.2) is 12.3 Å². The minimum absolute atomic E-state index is 0.0963. The maximum Gasteiger partial charge on any atom is 0.229 e. The van der Waals surface area contributed by atoms with Crippen molar-refractivity contribution >= 4 is 33.3 Å². The standard InChI is InChI=1S/C15H16ClN5O2S/c1-4-12-11(14(16)20-15(17)19-12)6-5-10-7-13(9(2)18-8-10)21-24(3,22)23/h7-8,21H,4H2,1-3H3,(H2,17,19,20). The van der Waals surface area contributed by atoms with E-state index in [0.717, 1.165) is 6.26 Å². The zero-order valence-electron chi connectivity index (χ0n) is 13.4. The lowest BCUT2D eigenvalue weighted by Gasteiger charge is -2.07. The summed E-state index contributed by atoms with van der Waals surface area (Å²) in [6.07, 6.45) is 3.22. The Balaban J connectivity index is 2.44. The van der Waals surface area contributed by atoms with Gasteiger partial charge in [-0.25, -0.2) is 13.4 Å². The van der Waals surface area contributed by atoms with Crippen LogP contribution in [0.3, 0.4) is 0 Å². The summed E-state index contributed by atoms with van der Waals surface area (Å²) in [4.78, 5) is 12.2. The van der Waals surface area contributed by atoms with Gasteiger partial charge in [0.1, 0.15) is 0 Å². The van der Waals surface area contributed by atoms with Crippen molar-refractivity contribution in [2.75, 3.05) is 16.7 Å². The van der Waals surface area contributed by atoms with Crippen LogP contribution < -0.4 is 10.5 Å². The normalized spacial score (nSPS) is 10.8. The van der Waals surface area contributed by atoms with Crippen molar-refractivity contribution in [3.8, 4) is 11.8 Å². The summed E-state index contributed by atoms with van der Waals surface area (Å²) >= 11 is 6.08. The van der Waals surface area contributed by atoms with Crippen LogP contribution in [0.4, 0.5) is 11.6 Å². The first kappa shape index (κ1) is 18.0. The van der Waals surface area contributed by atoms with Gasteiger partial charge in [-0.1, -0.05) is 30.4 Å². The Morgan fingerprint density at radius 3 is 2.67 bits per heavy atom. The molecule has 9 heteroatoms. The lowest BCUT2D eigenvalue weighted by molar-refractivity contribution is 0.606. The number of aryl methyl sites for hydroxylation is 2. The molecule has 2 rings (SSSR count). The summed E-state index contributed by atoms with van der Waals surface area (Å²) in [7, 11) is -3.40. The quantitative estimate of drug-likeness (QED) is 0.633. The summed E-state index contributed by atoms with van der Waals surface area (Å²) in [5.74, 6) is 5.90.